The molecule has 0 saturated carbocycles. The second-order valence-electron chi connectivity index (χ2n) is 3.85. The summed E-state index contributed by atoms with van der Waals surface area (Å²) in [6.07, 6.45) is -3.84. The first-order valence-electron chi connectivity index (χ1n) is 5.74. The molecule has 1 rings (SSSR count). The zero-order valence-electron chi connectivity index (χ0n) is 10.7. The van der Waals surface area contributed by atoms with Crippen molar-refractivity contribution < 1.29 is 13.9 Å². The van der Waals surface area contributed by atoms with Crippen LogP contribution in [0.15, 0.2) is 0 Å². The number of aliphatic hydroxyl groups is 1. The molecule has 1 atom stereocenters. The van der Waals surface area contributed by atoms with Crippen LogP contribution >= 0.6 is 0 Å². The lowest BCUT2D eigenvalue weighted by molar-refractivity contribution is 0.00380. The monoisotopic (exact) mass is 260 g/mol. The second kappa shape index (κ2) is 6.44. The van der Waals surface area contributed by atoms with Crippen molar-refractivity contribution >= 4 is 11.6 Å². The van der Waals surface area contributed by atoms with Crippen LogP contribution in [0.1, 0.15) is 18.3 Å². The fraction of sp³-hybridized carbons (Fsp3) is 0.636. The number of rotatable bonds is 6. The standard InChI is InChI=1S/C11H18F2N4O/c1-4-8-16-10(14-3)6(2)11(17-8)15-5-7(18)9(12)13/h7,9,18H,4-5H2,1-3H3,(H2,14,15,16,17). The molecular weight excluding hydrogens is 242 g/mol. The van der Waals surface area contributed by atoms with Crippen molar-refractivity contribution in [2.24, 2.45) is 0 Å². The van der Waals surface area contributed by atoms with E-state index in [4.69, 9.17) is 5.11 Å². The van der Waals surface area contributed by atoms with Gasteiger partial charge in [-0.3, -0.25) is 0 Å². The number of nitrogens with zero attached hydrogens (tertiary/aromatic N) is 2. The molecule has 0 bridgehead atoms. The van der Waals surface area contributed by atoms with Gasteiger partial charge in [0.2, 0.25) is 0 Å². The maximum absolute atomic E-state index is 12.2. The minimum atomic E-state index is -2.77. The number of aliphatic hydroxyl groups excluding tert-OH is 1. The largest absolute Gasteiger partial charge is 0.385 e. The maximum Gasteiger partial charge on any atom is 0.265 e. The summed E-state index contributed by atoms with van der Waals surface area (Å²) in [6, 6.07) is 0. The van der Waals surface area contributed by atoms with Crippen molar-refractivity contribution in [1.82, 2.24) is 9.97 Å². The van der Waals surface area contributed by atoms with Crippen LogP contribution in [0, 0.1) is 6.92 Å². The minimum absolute atomic E-state index is 0.248. The third-order valence-electron chi connectivity index (χ3n) is 2.51. The molecule has 5 nitrogen and oxygen atoms in total. The predicted molar refractivity (Wildman–Crippen MR) is 66.2 cm³/mol. The zero-order chi connectivity index (χ0) is 13.7. The summed E-state index contributed by atoms with van der Waals surface area (Å²) in [4.78, 5) is 8.47. The first kappa shape index (κ1) is 14.6. The first-order valence-corrected chi connectivity index (χ1v) is 5.74. The van der Waals surface area contributed by atoms with Gasteiger partial charge in [-0.2, -0.15) is 0 Å². The van der Waals surface area contributed by atoms with Crippen LogP contribution in [0.25, 0.3) is 0 Å². The second-order valence-corrected chi connectivity index (χ2v) is 3.85. The Bertz CT molecular complexity index is 401. The molecule has 0 aliphatic rings. The molecule has 1 unspecified atom stereocenters. The summed E-state index contributed by atoms with van der Waals surface area (Å²) in [6.45, 7) is 3.44. The van der Waals surface area contributed by atoms with Gasteiger partial charge < -0.3 is 15.7 Å². The van der Waals surface area contributed by atoms with Crippen molar-refractivity contribution in [3.8, 4) is 0 Å². The van der Waals surface area contributed by atoms with Gasteiger partial charge in [-0.1, -0.05) is 6.92 Å². The summed E-state index contributed by atoms with van der Waals surface area (Å²) in [5.74, 6) is 1.72. The summed E-state index contributed by atoms with van der Waals surface area (Å²) in [5.41, 5.74) is 0.733. The van der Waals surface area contributed by atoms with Crippen LogP contribution in [-0.4, -0.2) is 41.2 Å². The Balaban J connectivity index is 2.87. The molecule has 3 N–H and O–H groups in total. The molecule has 0 saturated heterocycles. The zero-order valence-corrected chi connectivity index (χ0v) is 10.7. The molecule has 0 fully saturated rings. The van der Waals surface area contributed by atoms with Crippen molar-refractivity contribution in [2.45, 2.75) is 32.8 Å². The van der Waals surface area contributed by atoms with Crippen molar-refractivity contribution in [3.05, 3.63) is 11.4 Å². The smallest absolute Gasteiger partial charge is 0.265 e. The van der Waals surface area contributed by atoms with E-state index < -0.39 is 12.5 Å². The van der Waals surface area contributed by atoms with Crippen molar-refractivity contribution in [1.29, 1.82) is 0 Å². The number of nitrogens with one attached hydrogen (secondary N) is 2. The maximum atomic E-state index is 12.2. The molecule has 0 aliphatic carbocycles. The number of hydrogen-bond acceptors (Lipinski definition) is 5. The molecule has 1 heterocycles. The van der Waals surface area contributed by atoms with Crippen molar-refractivity contribution in [3.63, 3.8) is 0 Å². The Labute approximate surface area is 105 Å². The summed E-state index contributed by atoms with van der Waals surface area (Å²) in [5, 5.41) is 14.7. The number of alkyl halides is 2. The molecule has 102 valence electrons. The van der Waals surface area contributed by atoms with E-state index in [-0.39, 0.29) is 6.54 Å². The van der Waals surface area contributed by atoms with Crippen LogP contribution in [0.3, 0.4) is 0 Å². The van der Waals surface area contributed by atoms with Crippen molar-refractivity contribution in [2.75, 3.05) is 24.2 Å². The van der Waals surface area contributed by atoms with Crippen LogP contribution in [0.4, 0.5) is 20.4 Å². The third-order valence-corrected chi connectivity index (χ3v) is 2.51. The van der Waals surface area contributed by atoms with Crippen LogP contribution in [0.2, 0.25) is 0 Å². The van der Waals surface area contributed by atoms with Gasteiger partial charge in [-0.25, -0.2) is 18.7 Å². The van der Waals surface area contributed by atoms with Crippen LogP contribution in [0.5, 0.6) is 0 Å². The molecule has 18 heavy (non-hydrogen) atoms. The van der Waals surface area contributed by atoms with Gasteiger partial charge in [-0.05, 0) is 6.92 Å². The molecule has 7 heteroatoms. The highest BCUT2D eigenvalue weighted by molar-refractivity contribution is 5.57. The highest BCUT2D eigenvalue weighted by atomic mass is 19.3. The number of anilines is 2. The van der Waals surface area contributed by atoms with Gasteiger partial charge in [0, 0.05) is 25.6 Å². The predicted octanol–water partition coefficient (Wildman–Crippen LogP) is 1.43. The summed E-state index contributed by atoms with van der Waals surface area (Å²) in [7, 11) is 1.73. The first-order chi connectivity index (χ1) is 8.49. The Morgan fingerprint density at radius 1 is 1.28 bits per heavy atom. The van der Waals surface area contributed by atoms with Gasteiger partial charge in [0.05, 0.1) is 0 Å². The fourth-order valence-corrected chi connectivity index (χ4v) is 1.43. The molecule has 1 aromatic heterocycles. The van der Waals surface area contributed by atoms with E-state index in [2.05, 4.69) is 20.6 Å². The molecule has 0 aliphatic heterocycles. The van der Waals surface area contributed by atoms with E-state index in [1.165, 1.54) is 0 Å². The Morgan fingerprint density at radius 2 is 1.89 bits per heavy atom. The van der Waals surface area contributed by atoms with Gasteiger partial charge in [0.15, 0.2) is 0 Å². The topological polar surface area (TPSA) is 70.1 Å². The van der Waals surface area contributed by atoms with Gasteiger partial charge in [-0.15, -0.1) is 0 Å². The Kier molecular flexibility index (Phi) is 5.21. The average Bonchev–Trinajstić information content (AvgIpc) is 2.36. The van der Waals surface area contributed by atoms with Gasteiger partial charge in [0.1, 0.15) is 23.6 Å². The lowest BCUT2D eigenvalue weighted by atomic mass is 10.2. The van der Waals surface area contributed by atoms with Gasteiger partial charge >= 0.3 is 0 Å². The molecule has 0 spiro atoms. The quantitative estimate of drug-likeness (QED) is 0.721. The third kappa shape index (κ3) is 3.49. The normalized spacial score (nSPS) is 12.6. The van der Waals surface area contributed by atoms with E-state index in [0.717, 1.165) is 5.56 Å². The molecule has 1 aromatic rings. The molecule has 0 radical (unpaired) electrons. The molecular formula is C11H18F2N4O. The highest BCUT2D eigenvalue weighted by Crippen LogP contribution is 2.19. The van der Waals surface area contributed by atoms with E-state index in [0.29, 0.717) is 23.9 Å². The average molecular weight is 260 g/mol. The van der Waals surface area contributed by atoms with E-state index in [1.807, 2.05) is 6.92 Å². The summed E-state index contributed by atoms with van der Waals surface area (Å²) >= 11 is 0. The molecule has 0 amide bonds. The molecule has 0 aromatic carbocycles. The number of hydrogen-bond donors (Lipinski definition) is 3. The number of halogens is 2. The SMILES string of the molecule is CCc1nc(NC)c(C)c(NCC(O)C(F)F)n1. The minimum Gasteiger partial charge on any atom is -0.385 e. The lowest BCUT2D eigenvalue weighted by Crippen LogP contribution is -2.27. The van der Waals surface area contributed by atoms with Crippen LogP contribution < -0.4 is 10.6 Å². The number of aryl methyl sites for hydroxylation is 1. The fourth-order valence-electron chi connectivity index (χ4n) is 1.43. The van der Waals surface area contributed by atoms with E-state index in [1.54, 1.807) is 14.0 Å². The Hall–Kier alpha value is -1.50. The van der Waals surface area contributed by atoms with E-state index in [9.17, 15) is 8.78 Å². The van der Waals surface area contributed by atoms with Crippen LogP contribution in [-0.2, 0) is 6.42 Å². The number of aromatic nitrogens is 2. The highest BCUT2D eigenvalue weighted by Gasteiger charge is 2.17. The lowest BCUT2D eigenvalue weighted by Gasteiger charge is -2.15. The van der Waals surface area contributed by atoms with Gasteiger partial charge in [0.25, 0.3) is 6.43 Å². The van der Waals surface area contributed by atoms with E-state index >= 15 is 0 Å². The Morgan fingerprint density at radius 3 is 2.39 bits per heavy atom. The summed E-state index contributed by atoms with van der Waals surface area (Å²) < 4.78 is 24.4.